The van der Waals surface area contributed by atoms with Crippen molar-refractivity contribution < 1.29 is 14.4 Å². The van der Waals surface area contributed by atoms with Crippen LogP contribution in [0.15, 0.2) is 82.6 Å². The lowest BCUT2D eigenvalue weighted by Gasteiger charge is -2.31. The molecule has 44 heavy (non-hydrogen) atoms. The molecule has 1 saturated heterocycles. The molecule has 1 fully saturated rings. The van der Waals surface area contributed by atoms with Crippen molar-refractivity contribution in [3.63, 3.8) is 0 Å². The van der Waals surface area contributed by atoms with Crippen LogP contribution in [0.25, 0.3) is 0 Å². The normalized spacial score (nSPS) is 19.1. The van der Waals surface area contributed by atoms with Crippen LogP contribution in [-0.2, 0) is 20.9 Å². The second kappa shape index (κ2) is 12.3. The van der Waals surface area contributed by atoms with Gasteiger partial charge in [0.15, 0.2) is 0 Å². The largest absolute Gasteiger partial charge is 0.372 e. The number of imide groups is 1. The Hall–Kier alpha value is -3.86. The lowest BCUT2D eigenvalue weighted by atomic mass is 9.83. The Labute approximate surface area is 268 Å². The quantitative estimate of drug-likeness (QED) is 0.231. The summed E-state index contributed by atoms with van der Waals surface area (Å²) >= 11 is 8.33. The van der Waals surface area contributed by atoms with E-state index in [1.54, 1.807) is 24.3 Å². The Kier molecular flexibility index (Phi) is 8.41. The van der Waals surface area contributed by atoms with Crippen LogP contribution >= 0.6 is 34.7 Å². The molecule has 8 nitrogen and oxygen atoms in total. The van der Waals surface area contributed by atoms with Gasteiger partial charge in [0.1, 0.15) is 11.8 Å². The lowest BCUT2D eigenvalue weighted by molar-refractivity contribution is -0.122. The molecule has 3 atom stereocenters. The molecular formula is C33H31ClN4O4S2. The standard InChI is InChI=1S/C33H31ClN4O4S2/c1-4-36(5-2)23-14-8-20(9-15-23)26-27-28(31(41)38(30(27)40)24-16-10-21(34)11-17-24)43-32-29(26)44-33(42)37(32)18-25(39)35-22-12-6-19(3)7-13-22/h6-17,26-28H,4-5,18H2,1-3H3,(H,35,39)/t26-,27-,28+/m0/s1. The number of nitrogens with one attached hydrogen (secondary N) is 1. The van der Waals surface area contributed by atoms with Crippen molar-refractivity contribution >= 4 is 69.5 Å². The van der Waals surface area contributed by atoms with Crippen LogP contribution in [0.5, 0.6) is 0 Å². The number of rotatable bonds is 8. The molecule has 0 spiro atoms. The number of thiazole rings is 1. The molecule has 4 aromatic rings. The minimum absolute atomic E-state index is 0.209. The van der Waals surface area contributed by atoms with E-state index >= 15 is 0 Å². The Morgan fingerprint density at radius 1 is 0.909 bits per heavy atom. The van der Waals surface area contributed by atoms with Gasteiger partial charge in [-0.2, -0.15) is 0 Å². The topological polar surface area (TPSA) is 91.7 Å². The number of fused-ring (bicyclic) bond motifs is 2. The van der Waals surface area contributed by atoms with Gasteiger partial charge in [-0.05, 0) is 74.9 Å². The first kappa shape index (κ1) is 30.2. The van der Waals surface area contributed by atoms with Crippen LogP contribution in [0.2, 0.25) is 5.02 Å². The first-order valence-corrected chi connectivity index (χ1v) is 16.5. The van der Waals surface area contributed by atoms with Gasteiger partial charge in [0.05, 0.1) is 16.6 Å². The molecule has 11 heteroatoms. The number of aromatic nitrogens is 1. The number of carbonyl (C=O) groups excluding carboxylic acids is 3. The predicted octanol–water partition coefficient (Wildman–Crippen LogP) is 6.15. The molecule has 0 aliphatic carbocycles. The van der Waals surface area contributed by atoms with E-state index in [1.165, 1.54) is 21.2 Å². The Morgan fingerprint density at radius 2 is 1.57 bits per heavy atom. The summed E-state index contributed by atoms with van der Waals surface area (Å²) in [5.41, 5.74) is 4.04. The monoisotopic (exact) mass is 646 g/mol. The second-order valence-electron chi connectivity index (χ2n) is 10.8. The van der Waals surface area contributed by atoms with Gasteiger partial charge in [0.2, 0.25) is 17.7 Å². The van der Waals surface area contributed by atoms with E-state index in [-0.39, 0.29) is 29.1 Å². The fourth-order valence-electron chi connectivity index (χ4n) is 5.92. The number of anilines is 3. The van der Waals surface area contributed by atoms with Crippen LogP contribution in [-0.4, -0.2) is 40.6 Å². The van der Waals surface area contributed by atoms with Crippen molar-refractivity contribution in [2.75, 3.05) is 28.2 Å². The van der Waals surface area contributed by atoms with Gasteiger partial charge in [-0.1, -0.05) is 64.5 Å². The molecule has 0 saturated carbocycles. The highest BCUT2D eigenvalue weighted by atomic mass is 35.5. The van der Waals surface area contributed by atoms with Gasteiger partial charge in [-0.3, -0.25) is 23.7 Å². The van der Waals surface area contributed by atoms with E-state index in [9.17, 15) is 19.2 Å². The highest BCUT2D eigenvalue weighted by Gasteiger charge is 2.56. The van der Waals surface area contributed by atoms with Crippen LogP contribution < -0.4 is 20.0 Å². The fourth-order valence-corrected chi connectivity index (χ4v) is 8.82. The third-order valence-corrected chi connectivity index (χ3v) is 11.0. The van der Waals surface area contributed by atoms with Crippen molar-refractivity contribution in [1.82, 2.24) is 4.57 Å². The average Bonchev–Trinajstić information content (AvgIpc) is 3.46. The molecule has 0 radical (unpaired) electrons. The van der Waals surface area contributed by atoms with Gasteiger partial charge in [-0.15, -0.1) is 0 Å². The number of benzene rings is 3. The Bertz CT molecular complexity index is 1780. The van der Waals surface area contributed by atoms with Crippen LogP contribution in [0.4, 0.5) is 17.1 Å². The summed E-state index contributed by atoms with van der Waals surface area (Å²) in [6, 6.07) is 22.0. The maximum absolute atomic E-state index is 14.1. The highest BCUT2D eigenvalue weighted by Crippen LogP contribution is 2.54. The number of aryl methyl sites for hydroxylation is 1. The fraction of sp³-hybridized carbons (Fsp3) is 0.273. The van der Waals surface area contributed by atoms with Crippen LogP contribution in [0.3, 0.4) is 0 Å². The maximum atomic E-state index is 14.1. The molecule has 6 rings (SSSR count). The SMILES string of the molecule is CCN(CC)c1ccc([C@@H]2c3sc(=O)n(CC(=O)Nc4ccc(C)cc4)c3S[C@H]3C(=O)N(c4ccc(Cl)cc4)C(=O)[C@@H]23)cc1. The van der Waals surface area contributed by atoms with Gasteiger partial charge in [-0.25, -0.2) is 4.90 Å². The summed E-state index contributed by atoms with van der Waals surface area (Å²) in [5.74, 6) is -2.27. The van der Waals surface area contributed by atoms with Gasteiger partial charge in [0, 0.05) is 40.3 Å². The number of hydrogen-bond acceptors (Lipinski definition) is 7. The van der Waals surface area contributed by atoms with Crippen molar-refractivity contribution in [3.05, 3.63) is 103 Å². The molecule has 3 aromatic carbocycles. The summed E-state index contributed by atoms with van der Waals surface area (Å²) in [7, 11) is 0. The third-order valence-electron chi connectivity index (χ3n) is 8.15. The number of halogens is 1. The highest BCUT2D eigenvalue weighted by molar-refractivity contribution is 8.00. The molecule has 226 valence electrons. The van der Waals surface area contributed by atoms with Gasteiger partial charge in [0.25, 0.3) is 0 Å². The average molecular weight is 647 g/mol. The first-order valence-electron chi connectivity index (χ1n) is 14.4. The number of nitrogens with zero attached hydrogens (tertiary/aromatic N) is 3. The molecule has 1 aromatic heterocycles. The zero-order chi connectivity index (χ0) is 31.1. The Morgan fingerprint density at radius 3 is 2.20 bits per heavy atom. The summed E-state index contributed by atoms with van der Waals surface area (Å²) in [6.45, 7) is 7.64. The molecule has 3 amide bonds. The lowest BCUT2D eigenvalue weighted by Crippen LogP contribution is -2.33. The van der Waals surface area contributed by atoms with Gasteiger partial charge < -0.3 is 10.2 Å². The first-order chi connectivity index (χ1) is 21.2. The third kappa shape index (κ3) is 5.46. The molecule has 0 unspecified atom stereocenters. The molecule has 2 aliphatic heterocycles. The van der Waals surface area contributed by atoms with Crippen LogP contribution in [0, 0.1) is 12.8 Å². The van der Waals surface area contributed by atoms with Crippen LogP contribution in [0.1, 0.15) is 35.8 Å². The van der Waals surface area contributed by atoms with Crippen molar-refractivity contribution in [2.45, 2.75) is 43.5 Å². The van der Waals surface area contributed by atoms with E-state index in [0.29, 0.717) is 26.3 Å². The molecule has 1 N–H and O–H groups in total. The minimum Gasteiger partial charge on any atom is -0.372 e. The van der Waals surface area contributed by atoms with Crippen molar-refractivity contribution in [1.29, 1.82) is 0 Å². The van der Waals surface area contributed by atoms with E-state index in [1.807, 2.05) is 55.5 Å². The van der Waals surface area contributed by atoms with Gasteiger partial charge >= 0.3 is 4.87 Å². The predicted molar refractivity (Wildman–Crippen MR) is 177 cm³/mol. The van der Waals surface area contributed by atoms with E-state index in [0.717, 1.165) is 41.2 Å². The summed E-state index contributed by atoms with van der Waals surface area (Å²) in [4.78, 5) is 58.4. The number of hydrogen-bond donors (Lipinski definition) is 1. The van der Waals surface area contributed by atoms with Crippen molar-refractivity contribution in [3.8, 4) is 0 Å². The zero-order valence-electron chi connectivity index (χ0n) is 24.5. The maximum Gasteiger partial charge on any atom is 0.308 e. The second-order valence-corrected chi connectivity index (χ2v) is 13.4. The molecule has 0 bridgehead atoms. The van der Waals surface area contributed by atoms with E-state index in [2.05, 4.69) is 24.1 Å². The molecule has 2 aliphatic rings. The minimum atomic E-state index is -0.765. The Balaban J connectivity index is 1.41. The smallest absolute Gasteiger partial charge is 0.308 e. The van der Waals surface area contributed by atoms with E-state index < -0.39 is 17.1 Å². The number of carbonyl (C=O) groups is 3. The summed E-state index contributed by atoms with van der Waals surface area (Å²) < 4.78 is 1.43. The molecule has 3 heterocycles. The summed E-state index contributed by atoms with van der Waals surface area (Å²) in [6.07, 6.45) is 0. The molecular weight excluding hydrogens is 616 g/mol. The van der Waals surface area contributed by atoms with Crippen molar-refractivity contribution in [2.24, 2.45) is 5.92 Å². The number of thioether (sulfide) groups is 1. The number of amides is 3. The van der Waals surface area contributed by atoms with E-state index in [4.69, 9.17) is 11.6 Å². The zero-order valence-corrected chi connectivity index (χ0v) is 26.8. The summed E-state index contributed by atoms with van der Waals surface area (Å²) in [5, 5.41) is 3.15.